The summed E-state index contributed by atoms with van der Waals surface area (Å²) in [6, 6.07) is 24.1. The van der Waals surface area contributed by atoms with E-state index in [0.29, 0.717) is 69.9 Å². The lowest BCUT2D eigenvalue weighted by Crippen LogP contribution is -2.25. The first-order chi connectivity index (χ1) is 50.6. The number of carbonyl (C=O) groups excluding carboxylic acids is 6. The number of aromatic nitrogens is 5. The number of halogens is 4. The number of hydrogen-bond donors (Lipinski definition) is 3. The van der Waals surface area contributed by atoms with Gasteiger partial charge >= 0.3 is 37.1 Å². The van der Waals surface area contributed by atoms with Crippen LogP contribution in [0.3, 0.4) is 0 Å². The zero-order chi connectivity index (χ0) is 76.7. The zero-order valence-corrected chi connectivity index (χ0v) is 63.4. The molecule has 11 rings (SSSR count). The summed E-state index contributed by atoms with van der Waals surface area (Å²) in [5.41, 5.74) is 4.44. The Hall–Kier alpha value is -8.32. The third-order valence-corrected chi connectivity index (χ3v) is 14.6. The largest absolute Gasteiger partial charge is 0.508 e. The topological polar surface area (TPSA) is 338 Å². The maximum absolute atomic E-state index is 13.3. The van der Waals surface area contributed by atoms with Crippen LogP contribution in [0.25, 0.3) is 0 Å². The van der Waals surface area contributed by atoms with Crippen molar-refractivity contribution in [1.29, 1.82) is 1.28 Å². The van der Waals surface area contributed by atoms with Crippen molar-refractivity contribution in [2.45, 2.75) is 116 Å². The Balaban J connectivity index is 0.000000265. The Kier molecular flexibility index (Phi) is 43.0. The van der Waals surface area contributed by atoms with Crippen LogP contribution >= 0.6 is 47.8 Å². The third kappa shape index (κ3) is 35.9. The number of phenolic OH excluding ortho intramolecular Hbond substituents is 1. The van der Waals surface area contributed by atoms with E-state index in [9.17, 15) is 37.5 Å². The fourth-order valence-corrected chi connectivity index (χ4v) is 9.32. The van der Waals surface area contributed by atoms with E-state index in [4.69, 9.17) is 54.5 Å². The van der Waals surface area contributed by atoms with Gasteiger partial charge in [0, 0.05) is 77.1 Å². The fourth-order valence-electron chi connectivity index (χ4n) is 8.43. The summed E-state index contributed by atoms with van der Waals surface area (Å²) >= 11 is 10.6. The maximum Gasteiger partial charge on any atom is 0.359 e. The number of carbonyl (C=O) groups is 6. The molecule has 26 nitrogen and oxygen atoms in total. The number of ether oxygens (including phenoxy) is 12. The van der Waals surface area contributed by atoms with Crippen LogP contribution in [-0.2, 0) is 90.3 Å². The van der Waals surface area contributed by atoms with Crippen molar-refractivity contribution in [2.24, 2.45) is 0 Å². The molecule has 5 atom stereocenters. The van der Waals surface area contributed by atoms with Crippen molar-refractivity contribution in [3.05, 3.63) is 217 Å². The Labute approximate surface area is 627 Å². The van der Waals surface area contributed by atoms with Gasteiger partial charge in [-0.15, -0.1) is 0 Å². The van der Waals surface area contributed by atoms with Crippen LogP contribution in [0.5, 0.6) is 11.5 Å². The number of phenols is 1. The van der Waals surface area contributed by atoms with Crippen molar-refractivity contribution in [2.75, 3.05) is 54.9 Å². The minimum Gasteiger partial charge on any atom is -0.508 e. The van der Waals surface area contributed by atoms with Crippen LogP contribution in [0.2, 0.25) is 0 Å². The molecule has 0 aliphatic carbocycles. The van der Waals surface area contributed by atoms with Gasteiger partial charge < -0.3 is 72.2 Å². The summed E-state index contributed by atoms with van der Waals surface area (Å²) in [4.78, 5) is 87.3. The summed E-state index contributed by atoms with van der Waals surface area (Å²) in [6.45, 7) is 2.60. The molecular formula is C71H82Br2F2N5O21P2S+. The molecule has 9 heterocycles. The number of rotatable bonds is 16. The zero-order valence-electron chi connectivity index (χ0n) is 58.3. The minimum atomic E-state index is -0.870. The lowest BCUT2D eigenvalue weighted by Gasteiger charge is -2.22. The van der Waals surface area contributed by atoms with Gasteiger partial charge in [0.1, 0.15) is 46.8 Å². The minimum absolute atomic E-state index is 0.0677. The van der Waals surface area contributed by atoms with Crippen LogP contribution in [0.4, 0.5) is 8.78 Å². The van der Waals surface area contributed by atoms with E-state index in [-0.39, 0.29) is 53.7 Å². The molecule has 560 valence electrons. The second kappa shape index (κ2) is 51.8. The summed E-state index contributed by atoms with van der Waals surface area (Å²) in [6.07, 6.45) is 20.9. The fraction of sp³-hybridized carbons (Fsp3) is 0.366. The van der Waals surface area contributed by atoms with Gasteiger partial charge in [-0.2, -0.15) is 0 Å². The molecule has 2 aromatic carbocycles. The molecule has 7 aromatic rings. The lowest BCUT2D eigenvalue weighted by atomic mass is 10.2. The van der Waals surface area contributed by atoms with Crippen LogP contribution in [0, 0.1) is 11.6 Å². The highest BCUT2D eigenvalue weighted by Gasteiger charge is 2.22. The number of allylic oxidation sites excluding steroid dienone is 1. The van der Waals surface area contributed by atoms with Gasteiger partial charge in [-0.1, -0.05) is 44.0 Å². The molecule has 3 fully saturated rings. The second-order valence-corrected chi connectivity index (χ2v) is 26.0. The average molecular weight is 1640 g/mol. The first-order valence-corrected chi connectivity index (χ1v) is 37.1. The number of aliphatic hydroxyl groups is 2. The van der Waals surface area contributed by atoms with E-state index in [2.05, 4.69) is 96.5 Å². The van der Waals surface area contributed by atoms with Gasteiger partial charge in [0.25, 0.3) is 0 Å². The van der Waals surface area contributed by atoms with Crippen molar-refractivity contribution in [3.8, 4) is 11.5 Å². The predicted molar refractivity (Wildman–Crippen MR) is 389 cm³/mol. The molecule has 5 unspecified atom stereocenters. The Morgan fingerprint density at radius 1 is 0.538 bits per heavy atom. The van der Waals surface area contributed by atoms with Crippen molar-refractivity contribution in [3.63, 3.8) is 0 Å². The van der Waals surface area contributed by atoms with Gasteiger partial charge in [-0.05, 0) is 142 Å². The number of aliphatic hydroxyl groups excluding tert-OH is 2. The molecule has 0 amide bonds. The van der Waals surface area contributed by atoms with E-state index in [1.807, 2.05) is 18.2 Å². The van der Waals surface area contributed by atoms with Gasteiger partial charge in [0.2, 0.25) is 12.6 Å². The molecule has 5 aromatic heterocycles. The maximum atomic E-state index is 13.3. The summed E-state index contributed by atoms with van der Waals surface area (Å²) in [7, 11) is 7.33. The van der Waals surface area contributed by atoms with E-state index < -0.39 is 61.2 Å². The van der Waals surface area contributed by atoms with Crippen molar-refractivity contribution < 1.29 is 110 Å². The Morgan fingerprint density at radius 3 is 1.36 bits per heavy atom. The molecule has 4 aliphatic rings. The van der Waals surface area contributed by atoms with Gasteiger partial charge in [-0.25, -0.2) is 52.5 Å². The van der Waals surface area contributed by atoms with E-state index in [1.165, 1.54) is 121 Å². The predicted octanol–water partition coefficient (Wildman–Crippen LogP) is 13.0. The Bertz CT molecular complexity index is 3680. The number of hydrogen-bond acceptors (Lipinski definition) is 27. The highest BCUT2D eigenvalue weighted by atomic mass is 79.9. The number of aromatic hydroxyl groups is 1. The molecule has 0 spiro atoms. The van der Waals surface area contributed by atoms with Crippen molar-refractivity contribution >= 4 is 95.4 Å². The molecule has 104 heavy (non-hydrogen) atoms. The number of methoxy groups -OCH3 is 4. The number of nitrogens with zero attached hydrogens (tertiary/aromatic N) is 5. The summed E-state index contributed by atoms with van der Waals surface area (Å²) in [5.74, 6) is -3.36. The first kappa shape index (κ1) is 86.3. The molecule has 3 saturated heterocycles. The standard InChI is InChI=1S/C18H19BrFNO3.C13H15NO5.C12H15NO4.C9H9NO4.C8H9NO3.C6H4BrFO.C5H8O.H2P2S/c19-14-7-15(20)9-17(8-14)23-11-13-4-5-16(21-10-13)12-24-18-3-1-2-6-22-18;1-17-12(15)9-5-6-10(14-8-9)13(16)19-11-4-2-3-7-18-11;14-8-9-4-5-10(13-7-9)12(15)17-11-3-1-2-6-16-11;1-13-8(11)6-3-4-7(10-5-6)9(12)14-2;1-12-8(11)6-2-3-7(5-10)9-4-6;7-4-1-5(8)3-6(9)2-4;1-2-4-6-5-3-1;1-2-3/h4-5,7-10,18H,1-3,6,11-12H2;5-6,8,11H,2-4,7H2,1H3;4-5,7,11,14H,1-3,6,8H2;3-5H,1-2H3;2-4,10H,5H2,1H3;1-3,9H;2,4H,1,3,5H2;1H2/p+1/i/hT. The molecule has 0 radical (unpaired) electrons. The van der Waals surface area contributed by atoms with Crippen molar-refractivity contribution in [1.82, 2.24) is 24.9 Å². The second-order valence-electron chi connectivity index (χ2n) is 21.4. The molecule has 3 N–H and O–H groups in total. The number of esters is 6. The van der Waals surface area contributed by atoms with Crippen LogP contribution in [0.1, 0.15) is 156 Å². The number of benzene rings is 2. The molecule has 33 heteroatoms. The third-order valence-electron chi connectivity index (χ3n) is 13.7. The normalized spacial score (nSPS) is 15.5. The Morgan fingerprint density at radius 2 is 0.990 bits per heavy atom. The van der Waals surface area contributed by atoms with Crippen LogP contribution in [-0.4, -0.2) is 151 Å². The smallest absolute Gasteiger partial charge is 0.359 e. The highest BCUT2D eigenvalue weighted by Crippen LogP contribution is 2.23. The highest BCUT2D eigenvalue weighted by molar-refractivity contribution is 9.10. The SMILES string of the molecule is C1=COCCC1.COC(=O)c1ccc(C(=O)OC)nc1.COC(=O)c1ccc(C(=O)OC2CCCCO2)nc1.COC(=O)c1ccc(CO)nc1.Fc1cc(Br)cc(OCc2ccc(COC3CCCCO3)nc2)c1.O=C(OC1CCCCO1)c1ccc(CO)cn1.Oc1cc(F)cc(Br)c1.[3H][P+](P)=S. The van der Waals surface area contributed by atoms with E-state index in [0.717, 1.165) is 81.9 Å². The molecule has 0 saturated carbocycles. The van der Waals surface area contributed by atoms with Crippen LogP contribution < -0.4 is 4.74 Å². The molecular weight excluding hydrogens is 1550 g/mol. The quantitative estimate of drug-likeness (QED) is 0.0459. The summed E-state index contributed by atoms with van der Waals surface area (Å²) < 4.78 is 93.7. The first-order valence-electron chi connectivity index (χ1n) is 32.4. The van der Waals surface area contributed by atoms with Crippen LogP contribution in [0.15, 0.2) is 149 Å². The molecule has 4 aliphatic heterocycles. The van der Waals surface area contributed by atoms with E-state index >= 15 is 0 Å². The average Bonchev–Trinajstić information content (AvgIpc) is 0.869. The summed E-state index contributed by atoms with van der Waals surface area (Å²) in [5, 5.41) is 26.2. The monoisotopic (exact) mass is 1630 g/mol. The van der Waals surface area contributed by atoms with Gasteiger partial charge in [0.15, 0.2) is 25.1 Å². The van der Waals surface area contributed by atoms with E-state index in [1.54, 1.807) is 36.7 Å². The molecule has 0 bridgehead atoms. The van der Waals surface area contributed by atoms with Gasteiger partial charge in [-0.3, -0.25) is 9.97 Å². The number of pyridine rings is 5. The van der Waals surface area contributed by atoms with Gasteiger partial charge in [0.05, 0.1) is 111 Å². The lowest BCUT2D eigenvalue weighted by molar-refractivity contribution is -0.169.